The van der Waals surface area contributed by atoms with Crippen LogP contribution in [0.25, 0.3) is 0 Å². The van der Waals surface area contributed by atoms with Crippen molar-refractivity contribution < 1.29 is 0 Å². The highest BCUT2D eigenvalue weighted by molar-refractivity contribution is 5.28. The summed E-state index contributed by atoms with van der Waals surface area (Å²) in [6.45, 7) is 21.1. The van der Waals surface area contributed by atoms with Crippen LogP contribution in [0, 0.1) is 26.7 Å². The molecule has 0 aromatic heterocycles. The van der Waals surface area contributed by atoms with E-state index < -0.39 is 0 Å². The van der Waals surface area contributed by atoms with Gasteiger partial charge in [-0.2, -0.15) is 0 Å². The summed E-state index contributed by atoms with van der Waals surface area (Å²) >= 11 is 0. The fourth-order valence-electron chi connectivity index (χ4n) is 2.33. The SMILES string of the molecule is C#C.C/C(=C\Cc1ccccc1C)NCc1ccc(C)cc1.C=CC(C)=C(C)C.CC. The molecule has 0 saturated heterocycles. The third-order valence-corrected chi connectivity index (χ3v) is 4.68. The molecular weight excluding hydrogens is 374 g/mol. The number of hydrogen-bond acceptors (Lipinski definition) is 1. The van der Waals surface area contributed by atoms with Crippen molar-refractivity contribution in [3.63, 3.8) is 0 Å². The zero-order valence-electron chi connectivity index (χ0n) is 21.0. The van der Waals surface area contributed by atoms with E-state index in [0.717, 1.165) is 13.0 Å². The van der Waals surface area contributed by atoms with Gasteiger partial charge in [-0.3, -0.25) is 0 Å². The molecule has 0 saturated carbocycles. The van der Waals surface area contributed by atoms with Gasteiger partial charge in [0.1, 0.15) is 0 Å². The molecule has 0 radical (unpaired) electrons. The van der Waals surface area contributed by atoms with Gasteiger partial charge in [-0.25, -0.2) is 0 Å². The minimum Gasteiger partial charge on any atom is -0.385 e. The van der Waals surface area contributed by atoms with Gasteiger partial charge in [-0.1, -0.05) is 97.8 Å². The van der Waals surface area contributed by atoms with Gasteiger partial charge >= 0.3 is 0 Å². The monoisotopic (exact) mass is 417 g/mol. The maximum Gasteiger partial charge on any atom is 0.0397 e. The standard InChI is InChI=1S/C19H23N.C7H12.C2H6.C2H2/c1-15-8-11-18(12-9-15)14-20-17(3)10-13-19-7-5-4-6-16(19)2;1-5-7(4)6(2)3;2*1-2/h4-12,20H,13-14H2,1-3H3;5H,1H2,2-4H3;1-2H3;1-2H/b17-10+;;;. The molecule has 1 nitrogen and oxygen atoms in total. The summed E-state index contributed by atoms with van der Waals surface area (Å²) in [7, 11) is 0. The Balaban J connectivity index is 0. The van der Waals surface area contributed by atoms with E-state index in [0.29, 0.717) is 0 Å². The highest BCUT2D eigenvalue weighted by atomic mass is 14.9. The Bertz CT molecular complexity index is 813. The van der Waals surface area contributed by atoms with Crippen LogP contribution in [0.2, 0.25) is 0 Å². The van der Waals surface area contributed by atoms with Crippen molar-refractivity contribution >= 4 is 0 Å². The van der Waals surface area contributed by atoms with Gasteiger partial charge in [0.15, 0.2) is 0 Å². The summed E-state index contributed by atoms with van der Waals surface area (Å²) in [4.78, 5) is 0. The Morgan fingerprint density at radius 2 is 1.45 bits per heavy atom. The molecule has 0 atom stereocenters. The number of nitrogens with one attached hydrogen (secondary N) is 1. The van der Waals surface area contributed by atoms with E-state index in [4.69, 9.17) is 0 Å². The molecule has 2 aromatic rings. The van der Waals surface area contributed by atoms with Crippen molar-refractivity contribution in [3.05, 3.63) is 106 Å². The second kappa shape index (κ2) is 19.0. The lowest BCUT2D eigenvalue weighted by molar-refractivity contribution is 0.805. The van der Waals surface area contributed by atoms with Crippen LogP contribution in [0.3, 0.4) is 0 Å². The Morgan fingerprint density at radius 3 is 1.90 bits per heavy atom. The van der Waals surface area contributed by atoms with Crippen molar-refractivity contribution in [2.24, 2.45) is 0 Å². The van der Waals surface area contributed by atoms with Gasteiger partial charge in [0.2, 0.25) is 0 Å². The number of benzene rings is 2. The third kappa shape index (κ3) is 14.6. The number of terminal acetylenes is 1. The number of hydrogen-bond donors (Lipinski definition) is 1. The maximum atomic E-state index is 4.00. The van der Waals surface area contributed by atoms with Gasteiger partial charge in [-0.05, 0) is 64.7 Å². The first-order chi connectivity index (χ1) is 14.8. The van der Waals surface area contributed by atoms with E-state index in [1.54, 1.807) is 0 Å². The first kappa shape index (κ1) is 30.2. The average molecular weight is 418 g/mol. The largest absolute Gasteiger partial charge is 0.385 e. The molecule has 0 fully saturated rings. The van der Waals surface area contributed by atoms with Gasteiger partial charge in [0, 0.05) is 12.2 Å². The number of aryl methyl sites for hydroxylation is 2. The predicted octanol–water partition coefficient (Wildman–Crippen LogP) is 8.34. The lowest BCUT2D eigenvalue weighted by atomic mass is 10.1. The minimum absolute atomic E-state index is 0.885. The summed E-state index contributed by atoms with van der Waals surface area (Å²) in [5.41, 5.74) is 9.22. The van der Waals surface area contributed by atoms with Crippen molar-refractivity contribution in [2.45, 2.75) is 68.4 Å². The van der Waals surface area contributed by atoms with Gasteiger partial charge in [0.05, 0.1) is 0 Å². The summed E-state index contributed by atoms with van der Waals surface area (Å²) < 4.78 is 0. The first-order valence-electron chi connectivity index (χ1n) is 10.9. The normalized spacial score (nSPS) is 9.42. The zero-order chi connectivity index (χ0) is 24.2. The Hall–Kier alpha value is -2.98. The summed E-state index contributed by atoms with van der Waals surface area (Å²) in [6, 6.07) is 17.2. The smallest absolute Gasteiger partial charge is 0.0397 e. The Morgan fingerprint density at radius 1 is 0.903 bits per heavy atom. The minimum atomic E-state index is 0.885. The van der Waals surface area contributed by atoms with Crippen molar-refractivity contribution in [2.75, 3.05) is 0 Å². The first-order valence-corrected chi connectivity index (χ1v) is 10.9. The second-order valence-corrected chi connectivity index (χ2v) is 7.24. The Labute approximate surface area is 193 Å². The molecule has 0 amide bonds. The molecule has 2 aromatic carbocycles. The molecule has 0 heterocycles. The average Bonchev–Trinajstić information content (AvgIpc) is 2.80. The van der Waals surface area contributed by atoms with Gasteiger partial charge in [-0.15, -0.1) is 12.8 Å². The molecule has 168 valence electrons. The molecule has 0 spiro atoms. The summed E-state index contributed by atoms with van der Waals surface area (Å²) in [6.07, 6.45) is 13.1. The van der Waals surface area contributed by atoms with Crippen LogP contribution in [-0.4, -0.2) is 0 Å². The molecule has 0 aliphatic carbocycles. The van der Waals surface area contributed by atoms with Crippen LogP contribution in [0.1, 0.15) is 63.8 Å². The van der Waals surface area contributed by atoms with Crippen molar-refractivity contribution in [3.8, 4) is 12.8 Å². The molecule has 1 heteroatoms. The quantitative estimate of drug-likeness (QED) is 0.368. The number of rotatable bonds is 6. The van der Waals surface area contributed by atoms with Gasteiger partial charge in [0.25, 0.3) is 0 Å². The molecule has 2 rings (SSSR count). The summed E-state index contributed by atoms with van der Waals surface area (Å²) in [5.74, 6) is 0. The Kier molecular flexibility index (Phi) is 18.5. The van der Waals surface area contributed by atoms with Crippen molar-refractivity contribution in [1.82, 2.24) is 5.32 Å². The van der Waals surface area contributed by atoms with E-state index >= 15 is 0 Å². The highest BCUT2D eigenvalue weighted by Crippen LogP contribution is 2.09. The van der Waals surface area contributed by atoms with Crippen LogP contribution in [0.5, 0.6) is 0 Å². The van der Waals surface area contributed by atoms with E-state index in [9.17, 15) is 0 Å². The molecule has 0 unspecified atom stereocenters. The third-order valence-electron chi connectivity index (χ3n) is 4.68. The molecule has 1 N–H and O–H groups in total. The fraction of sp³-hybridized carbons (Fsp3) is 0.333. The molecular formula is C30H43N. The molecule has 0 aliphatic rings. The van der Waals surface area contributed by atoms with Crippen LogP contribution in [0.4, 0.5) is 0 Å². The van der Waals surface area contributed by atoms with Crippen LogP contribution >= 0.6 is 0 Å². The molecule has 0 aliphatic heterocycles. The predicted molar refractivity (Wildman–Crippen MR) is 142 cm³/mol. The lowest BCUT2D eigenvalue weighted by Crippen LogP contribution is -2.10. The summed E-state index contributed by atoms with van der Waals surface area (Å²) in [5, 5.41) is 3.47. The highest BCUT2D eigenvalue weighted by Gasteiger charge is 1.96. The van der Waals surface area contributed by atoms with Gasteiger partial charge < -0.3 is 5.32 Å². The zero-order valence-corrected chi connectivity index (χ0v) is 21.0. The van der Waals surface area contributed by atoms with Crippen molar-refractivity contribution in [1.29, 1.82) is 0 Å². The van der Waals surface area contributed by atoms with Crippen LogP contribution < -0.4 is 5.32 Å². The molecule has 0 bridgehead atoms. The van der Waals surface area contributed by atoms with Crippen LogP contribution in [0.15, 0.2) is 84.1 Å². The fourth-order valence-corrected chi connectivity index (χ4v) is 2.33. The second-order valence-electron chi connectivity index (χ2n) is 7.24. The van der Waals surface area contributed by atoms with E-state index in [2.05, 4.69) is 121 Å². The van der Waals surface area contributed by atoms with E-state index in [1.165, 1.54) is 39.1 Å². The number of allylic oxidation sites excluding steroid dienone is 5. The molecule has 31 heavy (non-hydrogen) atoms. The van der Waals surface area contributed by atoms with E-state index in [1.807, 2.05) is 19.9 Å². The lowest BCUT2D eigenvalue weighted by Gasteiger charge is -2.08. The maximum absolute atomic E-state index is 4.00. The van der Waals surface area contributed by atoms with E-state index in [-0.39, 0.29) is 0 Å². The van der Waals surface area contributed by atoms with Crippen LogP contribution in [-0.2, 0) is 13.0 Å². The topological polar surface area (TPSA) is 12.0 Å².